The molecule has 6 nitrogen and oxygen atoms in total. The molecule has 1 heterocycles. The number of hydrogen-bond acceptors (Lipinski definition) is 3. The molecule has 0 aliphatic carbocycles. The summed E-state index contributed by atoms with van der Waals surface area (Å²) >= 11 is 0. The second-order valence-electron chi connectivity index (χ2n) is 6.32. The lowest BCUT2D eigenvalue weighted by Gasteiger charge is -2.17. The number of amides is 3. The molecule has 0 aromatic heterocycles. The zero-order chi connectivity index (χ0) is 19.2. The van der Waals surface area contributed by atoms with E-state index in [0.717, 1.165) is 11.4 Å². The standard InChI is InChI=1S/C20H22FN3O3/c1-2-27-16-9-7-15(8-10-16)24-13-14(11-19(24)25)12-22-20(26)23-18-6-4-3-5-17(18)21/h3-10,14H,2,11-13H2,1H3,(H2,22,23,26). The van der Waals surface area contributed by atoms with E-state index in [4.69, 9.17) is 4.74 Å². The molecule has 7 heteroatoms. The Balaban J connectivity index is 1.51. The van der Waals surface area contributed by atoms with E-state index < -0.39 is 11.8 Å². The monoisotopic (exact) mass is 371 g/mol. The molecule has 0 saturated carbocycles. The van der Waals surface area contributed by atoms with Crippen LogP contribution in [0.15, 0.2) is 48.5 Å². The molecule has 1 fully saturated rings. The number of carbonyl (C=O) groups is 2. The summed E-state index contributed by atoms with van der Waals surface area (Å²) in [5.74, 6) is 0.275. The number of para-hydroxylation sites is 1. The Hall–Kier alpha value is -3.09. The maximum Gasteiger partial charge on any atom is 0.319 e. The number of ether oxygens (including phenoxy) is 1. The molecule has 1 aliphatic heterocycles. The van der Waals surface area contributed by atoms with E-state index in [2.05, 4.69) is 10.6 Å². The van der Waals surface area contributed by atoms with E-state index in [-0.39, 0.29) is 17.5 Å². The van der Waals surface area contributed by atoms with Gasteiger partial charge in [0.25, 0.3) is 0 Å². The number of nitrogens with zero attached hydrogens (tertiary/aromatic N) is 1. The van der Waals surface area contributed by atoms with Crippen LogP contribution in [0.5, 0.6) is 5.75 Å². The number of halogens is 1. The lowest BCUT2D eigenvalue weighted by molar-refractivity contribution is -0.117. The Morgan fingerprint density at radius 2 is 1.96 bits per heavy atom. The summed E-state index contributed by atoms with van der Waals surface area (Å²) in [6.07, 6.45) is 0.354. The molecule has 0 bridgehead atoms. The van der Waals surface area contributed by atoms with Crippen molar-refractivity contribution < 1.29 is 18.7 Å². The van der Waals surface area contributed by atoms with Crippen LogP contribution in [-0.4, -0.2) is 31.6 Å². The van der Waals surface area contributed by atoms with Gasteiger partial charge in [-0.2, -0.15) is 0 Å². The van der Waals surface area contributed by atoms with E-state index in [0.29, 0.717) is 26.1 Å². The average Bonchev–Trinajstić information content (AvgIpc) is 3.04. The molecule has 0 radical (unpaired) electrons. The van der Waals surface area contributed by atoms with Crippen molar-refractivity contribution >= 4 is 23.3 Å². The summed E-state index contributed by atoms with van der Waals surface area (Å²) < 4.78 is 19.0. The fraction of sp³-hybridized carbons (Fsp3) is 0.300. The first-order chi connectivity index (χ1) is 13.1. The van der Waals surface area contributed by atoms with Crippen LogP contribution >= 0.6 is 0 Å². The lowest BCUT2D eigenvalue weighted by atomic mass is 10.1. The van der Waals surface area contributed by atoms with Crippen molar-refractivity contribution in [2.24, 2.45) is 5.92 Å². The first kappa shape index (κ1) is 18.7. The van der Waals surface area contributed by atoms with Crippen molar-refractivity contribution in [1.29, 1.82) is 0 Å². The van der Waals surface area contributed by atoms with Gasteiger partial charge in [0.1, 0.15) is 11.6 Å². The Kier molecular flexibility index (Phi) is 5.90. The molecule has 1 aliphatic rings. The van der Waals surface area contributed by atoms with Crippen molar-refractivity contribution in [2.45, 2.75) is 13.3 Å². The Bertz CT molecular complexity index is 810. The van der Waals surface area contributed by atoms with Crippen LogP contribution in [0.1, 0.15) is 13.3 Å². The highest BCUT2D eigenvalue weighted by atomic mass is 19.1. The molecule has 1 atom stereocenters. The van der Waals surface area contributed by atoms with Gasteiger partial charge in [0.05, 0.1) is 12.3 Å². The summed E-state index contributed by atoms with van der Waals surface area (Å²) in [6, 6.07) is 12.8. The third-order valence-corrected chi connectivity index (χ3v) is 4.34. The number of rotatable bonds is 6. The van der Waals surface area contributed by atoms with E-state index in [1.807, 2.05) is 31.2 Å². The number of benzene rings is 2. The first-order valence-corrected chi connectivity index (χ1v) is 8.89. The number of anilines is 2. The molecule has 3 amide bonds. The summed E-state index contributed by atoms with van der Waals surface area (Å²) in [5, 5.41) is 5.17. The fourth-order valence-electron chi connectivity index (χ4n) is 3.02. The summed E-state index contributed by atoms with van der Waals surface area (Å²) in [5.41, 5.74) is 0.926. The normalized spacial score (nSPS) is 16.3. The minimum atomic E-state index is -0.495. The van der Waals surface area contributed by atoms with Gasteiger partial charge in [0.2, 0.25) is 5.91 Å². The number of hydrogen-bond donors (Lipinski definition) is 2. The van der Waals surface area contributed by atoms with E-state index in [9.17, 15) is 14.0 Å². The molecule has 2 aromatic carbocycles. The minimum Gasteiger partial charge on any atom is -0.494 e. The molecule has 27 heavy (non-hydrogen) atoms. The van der Waals surface area contributed by atoms with Crippen molar-refractivity contribution in [3.05, 3.63) is 54.3 Å². The average molecular weight is 371 g/mol. The summed E-state index contributed by atoms with van der Waals surface area (Å²) in [7, 11) is 0. The minimum absolute atomic E-state index is 0.00422. The lowest BCUT2D eigenvalue weighted by Crippen LogP contribution is -2.34. The van der Waals surface area contributed by atoms with Gasteiger partial charge in [-0.15, -0.1) is 0 Å². The highest BCUT2D eigenvalue weighted by Gasteiger charge is 2.30. The second kappa shape index (κ2) is 8.53. The predicted molar refractivity (Wildman–Crippen MR) is 101 cm³/mol. The van der Waals surface area contributed by atoms with Crippen molar-refractivity contribution in [2.75, 3.05) is 29.9 Å². The van der Waals surface area contributed by atoms with E-state index in [1.165, 1.54) is 12.1 Å². The molecule has 142 valence electrons. The SMILES string of the molecule is CCOc1ccc(N2CC(CNC(=O)Nc3ccccc3F)CC2=O)cc1. The second-order valence-corrected chi connectivity index (χ2v) is 6.32. The molecule has 2 aromatic rings. The highest BCUT2D eigenvalue weighted by Crippen LogP contribution is 2.26. The van der Waals surface area contributed by atoms with Crippen LogP contribution in [0.2, 0.25) is 0 Å². The van der Waals surface area contributed by atoms with Gasteiger partial charge in [0.15, 0.2) is 0 Å². The number of carbonyl (C=O) groups excluding carboxylic acids is 2. The fourth-order valence-corrected chi connectivity index (χ4v) is 3.02. The summed E-state index contributed by atoms with van der Waals surface area (Å²) in [6.45, 7) is 3.36. The molecule has 1 saturated heterocycles. The Morgan fingerprint density at radius 3 is 2.67 bits per heavy atom. The number of nitrogens with one attached hydrogen (secondary N) is 2. The van der Waals surface area contributed by atoms with Crippen molar-refractivity contribution in [3.8, 4) is 5.75 Å². The van der Waals surface area contributed by atoms with Gasteiger partial charge in [-0.1, -0.05) is 12.1 Å². The molecule has 1 unspecified atom stereocenters. The van der Waals surface area contributed by atoms with Crippen LogP contribution in [0.25, 0.3) is 0 Å². The third-order valence-electron chi connectivity index (χ3n) is 4.34. The maximum atomic E-state index is 13.6. The zero-order valence-corrected chi connectivity index (χ0v) is 15.1. The predicted octanol–water partition coefficient (Wildman–Crippen LogP) is 3.40. The van der Waals surface area contributed by atoms with Crippen LogP contribution in [-0.2, 0) is 4.79 Å². The van der Waals surface area contributed by atoms with Gasteiger partial charge in [-0.25, -0.2) is 9.18 Å². The molecular formula is C20H22FN3O3. The largest absolute Gasteiger partial charge is 0.494 e. The maximum absolute atomic E-state index is 13.6. The summed E-state index contributed by atoms with van der Waals surface area (Å²) in [4.78, 5) is 26.0. The van der Waals surface area contributed by atoms with Gasteiger partial charge in [-0.3, -0.25) is 4.79 Å². The highest BCUT2D eigenvalue weighted by molar-refractivity contribution is 5.96. The third kappa shape index (κ3) is 4.75. The van der Waals surface area contributed by atoms with Gasteiger partial charge in [0, 0.05) is 31.1 Å². The van der Waals surface area contributed by atoms with Gasteiger partial charge >= 0.3 is 6.03 Å². The molecule has 2 N–H and O–H groups in total. The van der Waals surface area contributed by atoms with Gasteiger partial charge in [-0.05, 0) is 43.3 Å². The van der Waals surface area contributed by atoms with Crippen LogP contribution in [0.4, 0.5) is 20.6 Å². The Labute approximate surface area is 157 Å². The topological polar surface area (TPSA) is 70.7 Å². The first-order valence-electron chi connectivity index (χ1n) is 8.89. The quantitative estimate of drug-likeness (QED) is 0.818. The van der Waals surface area contributed by atoms with Crippen LogP contribution in [0.3, 0.4) is 0 Å². The molecular weight excluding hydrogens is 349 g/mol. The van der Waals surface area contributed by atoms with E-state index >= 15 is 0 Å². The van der Waals surface area contributed by atoms with E-state index in [1.54, 1.807) is 17.0 Å². The molecule has 3 rings (SSSR count). The smallest absolute Gasteiger partial charge is 0.319 e. The molecule has 0 spiro atoms. The van der Waals surface area contributed by atoms with Gasteiger partial charge < -0.3 is 20.3 Å². The van der Waals surface area contributed by atoms with Crippen LogP contribution in [0, 0.1) is 11.7 Å². The Morgan fingerprint density at radius 1 is 1.22 bits per heavy atom. The van der Waals surface area contributed by atoms with Crippen LogP contribution < -0.4 is 20.3 Å². The van der Waals surface area contributed by atoms with Crippen molar-refractivity contribution in [1.82, 2.24) is 5.32 Å². The zero-order valence-electron chi connectivity index (χ0n) is 15.1. The van der Waals surface area contributed by atoms with Crippen molar-refractivity contribution in [3.63, 3.8) is 0 Å². The number of urea groups is 1.